The summed E-state index contributed by atoms with van der Waals surface area (Å²) in [4.78, 5) is 19.5. The molecule has 0 saturated carbocycles. The Hall–Kier alpha value is -1.56. The number of nitrogens with zero attached hydrogens (tertiary/aromatic N) is 3. The highest BCUT2D eigenvalue weighted by Gasteiger charge is 2.20. The van der Waals surface area contributed by atoms with Crippen molar-refractivity contribution < 1.29 is 4.79 Å². The number of rotatable bonds is 4. The predicted molar refractivity (Wildman–Crippen MR) is 94.4 cm³/mol. The highest BCUT2D eigenvalue weighted by molar-refractivity contribution is 7.15. The first-order valence-corrected chi connectivity index (χ1v) is 8.71. The van der Waals surface area contributed by atoms with Crippen LogP contribution < -0.4 is 0 Å². The van der Waals surface area contributed by atoms with Crippen molar-refractivity contribution in [3.8, 4) is 0 Å². The molecule has 7 heteroatoms. The molecular formula is C16H15Cl2N3OS. The Kier molecular flexibility index (Phi) is 4.62. The third-order valence-electron chi connectivity index (χ3n) is 3.86. The van der Waals surface area contributed by atoms with Gasteiger partial charge >= 0.3 is 0 Å². The van der Waals surface area contributed by atoms with Gasteiger partial charge in [-0.3, -0.25) is 9.20 Å². The third-order valence-corrected chi connectivity index (χ3v) is 5.20. The zero-order chi connectivity index (χ0) is 16.6. The fourth-order valence-corrected chi connectivity index (χ4v) is 3.69. The van der Waals surface area contributed by atoms with Crippen LogP contribution in [0.5, 0.6) is 0 Å². The Labute approximate surface area is 148 Å². The Morgan fingerprint density at radius 1 is 1.43 bits per heavy atom. The smallest absolute Gasteiger partial charge is 0.228 e. The Morgan fingerprint density at radius 2 is 2.22 bits per heavy atom. The summed E-state index contributed by atoms with van der Waals surface area (Å²) in [5, 5.41) is 3.11. The van der Waals surface area contributed by atoms with Gasteiger partial charge < -0.3 is 4.90 Å². The number of aromatic nitrogens is 2. The van der Waals surface area contributed by atoms with Crippen molar-refractivity contribution in [2.75, 3.05) is 7.05 Å². The van der Waals surface area contributed by atoms with Crippen LogP contribution in [0.25, 0.3) is 4.96 Å². The Balaban J connectivity index is 1.74. The molecule has 1 amide bonds. The van der Waals surface area contributed by atoms with Crippen molar-refractivity contribution in [3.63, 3.8) is 0 Å². The molecule has 0 aliphatic heterocycles. The van der Waals surface area contributed by atoms with Crippen LogP contribution in [-0.2, 0) is 11.2 Å². The lowest BCUT2D eigenvalue weighted by atomic mass is 10.1. The van der Waals surface area contributed by atoms with Gasteiger partial charge in [0.15, 0.2) is 4.96 Å². The lowest BCUT2D eigenvalue weighted by molar-refractivity contribution is -0.131. The highest BCUT2D eigenvalue weighted by atomic mass is 35.5. The first kappa shape index (κ1) is 16.3. The summed E-state index contributed by atoms with van der Waals surface area (Å²) in [5.41, 5.74) is 1.64. The number of amides is 1. The molecule has 3 aromatic rings. The van der Waals surface area contributed by atoms with Crippen molar-refractivity contribution in [1.29, 1.82) is 0 Å². The molecule has 3 rings (SSSR count). The van der Waals surface area contributed by atoms with Gasteiger partial charge in [0.1, 0.15) is 0 Å². The summed E-state index contributed by atoms with van der Waals surface area (Å²) < 4.78 is 1.92. The van der Waals surface area contributed by atoms with E-state index >= 15 is 0 Å². The maximum atomic E-state index is 12.5. The lowest BCUT2D eigenvalue weighted by Gasteiger charge is -2.26. The normalized spacial score (nSPS) is 12.5. The molecule has 0 fully saturated rings. The minimum absolute atomic E-state index is 0.00531. The molecule has 2 aromatic heterocycles. The molecule has 0 N–H and O–H groups in total. The predicted octanol–water partition coefficient (Wildman–Crippen LogP) is 4.46. The van der Waals surface area contributed by atoms with Gasteiger partial charge in [0.25, 0.3) is 0 Å². The van der Waals surface area contributed by atoms with Crippen molar-refractivity contribution in [2.24, 2.45) is 0 Å². The molecule has 0 spiro atoms. The number of imidazole rings is 1. The number of thiazole rings is 1. The number of hydrogen-bond acceptors (Lipinski definition) is 3. The van der Waals surface area contributed by atoms with E-state index in [4.69, 9.17) is 23.2 Å². The molecule has 0 radical (unpaired) electrons. The lowest BCUT2D eigenvalue weighted by Crippen LogP contribution is -2.31. The summed E-state index contributed by atoms with van der Waals surface area (Å²) in [6, 6.07) is 5.18. The number of likely N-dealkylation sites (N-methyl/N-ethyl adjacent to an activating group) is 1. The number of halogens is 2. The molecule has 4 nitrogen and oxygen atoms in total. The summed E-state index contributed by atoms with van der Waals surface area (Å²) in [5.74, 6) is -0.00531. The summed E-state index contributed by atoms with van der Waals surface area (Å²) in [6.45, 7) is 1.94. The van der Waals surface area contributed by atoms with Crippen LogP contribution in [-0.4, -0.2) is 27.2 Å². The van der Waals surface area contributed by atoms with Crippen LogP contribution in [0.2, 0.25) is 10.0 Å². The molecule has 0 saturated heterocycles. The second-order valence-electron chi connectivity index (χ2n) is 5.35. The summed E-state index contributed by atoms with van der Waals surface area (Å²) in [7, 11) is 1.77. The second-order valence-corrected chi connectivity index (χ2v) is 7.06. The summed E-state index contributed by atoms with van der Waals surface area (Å²) >= 11 is 13.7. The fraction of sp³-hybridized carbons (Fsp3) is 0.250. The van der Waals surface area contributed by atoms with E-state index in [0.29, 0.717) is 10.0 Å². The van der Waals surface area contributed by atoms with E-state index in [2.05, 4.69) is 4.98 Å². The molecular weight excluding hydrogens is 353 g/mol. The van der Waals surface area contributed by atoms with E-state index in [0.717, 1.165) is 16.2 Å². The minimum Gasteiger partial charge on any atom is -0.339 e. The average molecular weight is 368 g/mol. The van der Waals surface area contributed by atoms with E-state index in [-0.39, 0.29) is 18.4 Å². The minimum atomic E-state index is -0.143. The first-order valence-electron chi connectivity index (χ1n) is 7.07. The maximum absolute atomic E-state index is 12.5. The van der Waals surface area contributed by atoms with E-state index in [1.54, 1.807) is 35.4 Å². The molecule has 0 bridgehead atoms. The van der Waals surface area contributed by atoms with Gasteiger partial charge in [-0.2, -0.15) is 0 Å². The van der Waals surface area contributed by atoms with Crippen molar-refractivity contribution in [3.05, 3.63) is 57.3 Å². The Bertz CT molecular complexity index is 830. The van der Waals surface area contributed by atoms with Gasteiger partial charge in [-0.15, -0.1) is 11.3 Å². The molecule has 1 aromatic carbocycles. The summed E-state index contributed by atoms with van der Waals surface area (Å²) in [6.07, 6.45) is 4.08. The SMILES string of the molecule is CC(c1ccc(Cl)cc1Cl)N(C)C(=O)Cc1cn2ccsc2n1. The molecule has 0 aliphatic rings. The molecule has 1 unspecified atom stereocenters. The van der Waals surface area contributed by atoms with Gasteiger partial charge in [-0.1, -0.05) is 29.3 Å². The van der Waals surface area contributed by atoms with Crippen molar-refractivity contribution in [2.45, 2.75) is 19.4 Å². The maximum Gasteiger partial charge on any atom is 0.228 e. The molecule has 2 heterocycles. The molecule has 120 valence electrons. The molecule has 1 atom stereocenters. The number of hydrogen-bond donors (Lipinski definition) is 0. The van der Waals surface area contributed by atoms with Crippen LogP contribution in [0.15, 0.2) is 36.0 Å². The van der Waals surface area contributed by atoms with Crippen molar-refractivity contribution >= 4 is 45.4 Å². The third kappa shape index (κ3) is 3.37. The highest BCUT2D eigenvalue weighted by Crippen LogP contribution is 2.29. The van der Waals surface area contributed by atoms with Gasteiger partial charge in [-0.25, -0.2) is 4.98 Å². The van der Waals surface area contributed by atoms with Gasteiger partial charge in [0.2, 0.25) is 5.91 Å². The van der Waals surface area contributed by atoms with Gasteiger partial charge in [0, 0.05) is 34.9 Å². The number of benzene rings is 1. The Morgan fingerprint density at radius 3 is 2.91 bits per heavy atom. The monoisotopic (exact) mass is 367 g/mol. The molecule has 0 aliphatic carbocycles. The van der Waals surface area contributed by atoms with Gasteiger partial charge in [0.05, 0.1) is 18.2 Å². The van der Waals surface area contributed by atoms with Crippen LogP contribution in [0, 0.1) is 0 Å². The average Bonchev–Trinajstić information content (AvgIpc) is 3.06. The fourth-order valence-electron chi connectivity index (χ4n) is 2.41. The van der Waals surface area contributed by atoms with Crippen LogP contribution in [0.1, 0.15) is 24.2 Å². The quantitative estimate of drug-likeness (QED) is 0.682. The van der Waals surface area contributed by atoms with E-state index < -0.39 is 0 Å². The van der Waals surface area contributed by atoms with E-state index in [1.165, 1.54) is 0 Å². The zero-order valence-corrected chi connectivity index (χ0v) is 15.0. The topological polar surface area (TPSA) is 37.6 Å². The van der Waals surface area contributed by atoms with Crippen LogP contribution >= 0.6 is 34.5 Å². The first-order chi connectivity index (χ1) is 11.0. The van der Waals surface area contributed by atoms with Crippen LogP contribution in [0.4, 0.5) is 0 Å². The number of carbonyl (C=O) groups excluding carboxylic acids is 1. The zero-order valence-electron chi connectivity index (χ0n) is 12.7. The number of fused-ring (bicyclic) bond motifs is 1. The second kappa shape index (κ2) is 6.51. The largest absolute Gasteiger partial charge is 0.339 e. The van der Waals surface area contributed by atoms with Gasteiger partial charge in [-0.05, 0) is 24.6 Å². The standard InChI is InChI=1S/C16H15Cl2N3OS/c1-10(13-4-3-11(17)7-14(13)18)20(2)15(22)8-12-9-21-5-6-23-16(21)19-12/h3-7,9-10H,8H2,1-2H3. The molecule has 23 heavy (non-hydrogen) atoms. The van der Waals surface area contributed by atoms with Crippen LogP contribution in [0.3, 0.4) is 0 Å². The van der Waals surface area contributed by atoms with E-state index in [1.807, 2.05) is 35.2 Å². The van der Waals surface area contributed by atoms with E-state index in [9.17, 15) is 4.79 Å². The number of carbonyl (C=O) groups is 1. The van der Waals surface area contributed by atoms with Crippen molar-refractivity contribution in [1.82, 2.24) is 14.3 Å².